The molecule has 1 unspecified atom stereocenters. The van der Waals surface area contributed by atoms with E-state index in [0.717, 1.165) is 4.31 Å². The highest BCUT2D eigenvalue weighted by molar-refractivity contribution is 7.93. The molecule has 0 radical (unpaired) electrons. The van der Waals surface area contributed by atoms with Crippen LogP contribution in [0.5, 0.6) is 5.75 Å². The molecule has 1 N–H and O–H groups in total. The lowest BCUT2D eigenvalue weighted by atomic mass is 10.1. The van der Waals surface area contributed by atoms with Crippen molar-refractivity contribution in [3.8, 4) is 5.75 Å². The van der Waals surface area contributed by atoms with Gasteiger partial charge in [-0.1, -0.05) is 49.0 Å². The van der Waals surface area contributed by atoms with Gasteiger partial charge in [0.25, 0.3) is 10.0 Å². The van der Waals surface area contributed by atoms with Crippen LogP contribution in [0, 0.1) is 0 Å². The zero-order chi connectivity index (χ0) is 23.5. The number of benzene rings is 2. The van der Waals surface area contributed by atoms with E-state index in [2.05, 4.69) is 4.98 Å². The van der Waals surface area contributed by atoms with Crippen molar-refractivity contribution >= 4 is 55.8 Å². The van der Waals surface area contributed by atoms with Crippen LogP contribution in [-0.4, -0.2) is 37.6 Å². The lowest BCUT2D eigenvalue weighted by Gasteiger charge is -2.31. The number of anilines is 1. The van der Waals surface area contributed by atoms with Crippen LogP contribution in [-0.2, 0) is 14.8 Å². The van der Waals surface area contributed by atoms with Gasteiger partial charge in [-0.25, -0.2) is 17.5 Å². The van der Waals surface area contributed by atoms with Gasteiger partial charge in [0.2, 0.25) is 0 Å². The first-order valence-corrected chi connectivity index (χ1v) is 12.0. The Balaban J connectivity index is 2.36. The first-order chi connectivity index (χ1) is 15.2. The number of nitrogens with zero attached hydrogens (tertiary/aromatic N) is 2. The van der Waals surface area contributed by atoms with E-state index in [1.165, 1.54) is 37.6 Å². The second-order valence-electron chi connectivity index (χ2n) is 7.12. The number of hydrogen-bond donors (Lipinski definition) is 1. The van der Waals surface area contributed by atoms with Crippen molar-refractivity contribution < 1.29 is 23.1 Å². The fraction of sp³-hybridized carbons (Fsp3) is 0.273. The summed E-state index contributed by atoms with van der Waals surface area (Å²) in [4.78, 5) is 16.4. The van der Waals surface area contributed by atoms with Crippen molar-refractivity contribution in [1.29, 1.82) is 0 Å². The van der Waals surface area contributed by atoms with Gasteiger partial charge < -0.3 is 9.84 Å². The van der Waals surface area contributed by atoms with Gasteiger partial charge in [-0.05, 0) is 36.8 Å². The van der Waals surface area contributed by atoms with Crippen LogP contribution in [0.15, 0.2) is 53.6 Å². The van der Waals surface area contributed by atoms with E-state index >= 15 is 0 Å². The number of rotatable bonds is 9. The van der Waals surface area contributed by atoms with Crippen LogP contribution in [0.2, 0.25) is 10.0 Å². The topological polar surface area (TPSA) is 96.8 Å². The Bertz CT molecular complexity index is 1230. The van der Waals surface area contributed by atoms with Gasteiger partial charge in [0.1, 0.15) is 11.8 Å². The van der Waals surface area contributed by atoms with E-state index < -0.39 is 22.0 Å². The Kier molecular flexibility index (Phi) is 7.48. The molecule has 2 aromatic carbocycles. The lowest BCUT2D eigenvalue weighted by Crippen LogP contribution is -2.45. The monoisotopic (exact) mass is 496 g/mol. The fourth-order valence-corrected chi connectivity index (χ4v) is 5.79. The molecule has 170 valence electrons. The van der Waals surface area contributed by atoms with Gasteiger partial charge >= 0.3 is 5.97 Å². The molecule has 0 aliphatic rings. The number of pyridine rings is 1. The predicted molar refractivity (Wildman–Crippen MR) is 125 cm³/mol. The molecule has 1 atom stereocenters. The quantitative estimate of drug-likeness (QED) is 0.426. The molecule has 0 aliphatic carbocycles. The van der Waals surface area contributed by atoms with Crippen LogP contribution in [0.3, 0.4) is 0 Å². The summed E-state index contributed by atoms with van der Waals surface area (Å²) in [6.07, 6.45) is 2.82. The number of aromatic nitrogens is 1. The minimum atomic E-state index is -4.40. The molecule has 0 spiro atoms. The van der Waals surface area contributed by atoms with Crippen molar-refractivity contribution in [2.45, 2.75) is 37.1 Å². The first kappa shape index (κ1) is 24.1. The number of unbranched alkanes of at least 4 members (excludes halogenated alkanes) is 1. The highest BCUT2D eigenvalue weighted by atomic mass is 35.5. The predicted octanol–water partition coefficient (Wildman–Crippen LogP) is 5.39. The van der Waals surface area contributed by atoms with Crippen LogP contribution < -0.4 is 9.04 Å². The van der Waals surface area contributed by atoms with Crippen molar-refractivity contribution in [1.82, 2.24) is 4.98 Å². The molecule has 3 rings (SSSR count). The third-order valence-corrected chi connectivity index (χ3v) is 7.16. The minimum Gasteiger partial charge on any atom is -0.497 e. The van der Waals surface area contributed by atoms with E-state index in [-0.39, 0.29) is 27.0 Å². The Morgan fingerprint density at radius 2 is 1.88 bits per heavy atom. The second kappa shape index (κ2) is 9.94. The molecule has 3 aromatic rings. The Morgan fingerprint density at radius 1 is 1.19 bits per heavy atom. The SMILES string of the molecule is CCCCC(C(=O)O)N(c1cc(OC)cc2cccnc12)S(=O)(=O)c1cc(Cl)cc(Cl)c1. The molecule has 0 saturated carbocycles. The number of carboxylic acids is 1. The number of sulfonamides is 1. The molecule has 32 heavy (non-hydrogen) atoms. The number of fused-ring (bicyclic) bond motifs is 1. The summed E-state index contributed by atoms with van der Waals surface area (Å²) >= 11 is 12.1. The van der Waals surface area contributed by atoms with E-state index in [1.54, 1.807) is 18.2 Å². The number of halogens is 2. The molecule has 7 nitrogen and oxygen atoms in total. The van der Waals surface area contributed by atoms with Crippen LogP contribution in [0.1, 0.15) is 26.2 Å². The normalized spacial score (nSPS) is 12.5. The molecule has 1 heterocycles. The van der Waals surface area contributed by atoms with Gasteiger partial charge in [0, 0.05) is 27.7 Å². The van der Waals surface area contributed by atoms with Crippen molar-refractivity contribution in [3.05, 3.63) is 58.7 Å². The summed E-state index contributed by atoms with van der Waals surface area (Å²) < 4.78 is 34.0. The summed E-state index contributed by atoms with van der Waals surface area (Å²) in [5.74, 6) is -0.911. The summed E-state index contributed by atoms with van der Waals surface area (Å²) in [6, 6.07) is 9.13. The van der Waals surface area contributed by atoms with Gasteiger partial charge in [-0.2, -0.15) is 0 Å². The number of carboxylic acid groups (broad SMARTS) is 1. The summed E-state index contributed by atoms with van der Waals surface area (Å²) in [7, 11) is -2.96. The van der Waals surface area contributed by atoms with Crippen LogP contribution >= 0.6 is 23.2 Å². The van der Waals surface area contributed by atoms with E-state index in [4.69, 9.17) is 27.9 Å². The summed E-state index contributed by atoms with van der Waals surface area (Å²) in [5.41, 5.74) is 0.423. The third-order valence-electron chi connectivity index (χ3n) is 4.92. The lowest BCUT2D eigenvalue weighted by molar-refractivity contribution is -0.138. The Hall–Kier alpha value is -2.55. The largest absolute Gasteiger partial charge is 0.497 e. The molecule has 10 heteroatoms. The third kappa shape index (κ3) is 4.92. The van der Waals surface area contributed by atoms with E-state index in [0.29, 0.717) is 29.5 Å². The molecule has 1 aromatic heterocycles. The number of carbonyl (C=O) groups is 1. The maximum Gasteiger partial charge on any atom is 0.327 e. The fourth-order valence-electron chi connectivity index (χ4n) is 3.43. The molecular weight excluding hydrogens is 475 g/mol. The van der Waals surface area contributed by atoms with Gasteiger partial charge in [-0.15, -0.1) is 0 Å². The Labute approximate surface area is 196 Å². The zero-order valence-corrected chi connectivity index (χ0v) is 19.8. The van der Waals surface area contributed by atoms with Gasteiger partial charge in [0.15, 0.2) is 0 Å². The molecule has 0 amide bonds. The maximum absolute atomic E-state index is 13.9. The van der Waals surface area contributed by atoms with Crippen molar-refractivity contribution in [2.75, 3.05) is 11.4 Å². The van der Waals surface area contributed by atoms with Crippen molar-refractivity contribution in [2.24, 2.45) is 0 Å². The number of aliphatic carboxylic acids is 1. The van der Waals surface area contributed by atoms with Crippen LogP contribution in [0.25, 0.3) is 10.9 Å². The molecule has 0 saturated heterocycles. The van der Waals surface area contributed by atoms with Crippen molar-refractivity contribution in [3.63, 3.8) is 0 Å². The highest BCUT2D eigenvalue weighted by Crippen LogP contribution is 2.37. The second-order valence-corrected chi connectivity index (χ2v) is 9.81. The standard InChI is InChI=1S/C22H22Cl2N2O5S/c1-3-4-7-19(22(27)28)26(32(29,30)18-11-15(23)10-16(24)12-18)20-13-17(31-2)9-14-6-5-8-25-21(14)20/h5-6,8-13,19H,3-4,7H2,1-2H3,(H,27,28). The first-order valence-electron chi connectivity index (χ1n) is 9.85. The molecule has 0 fully saturated rings. The molecular formula is C22H22Cl2N2O5S. The summed E-state index contributed by atoms with van der Waals surface area (Å²) in [6.45, 7) is 1.90. The number of methoxy groups -OCH3 is 1. The summed E-state index contributed by atoms with van der Waals surface area (Å²) in [5, 5.41) is 10.9. The zero-order valence-electron chi connectivity index (χ0n) is 17.5. The van der Waals surface area contributed by atoms with Crippen LogP contribution in [0.4, 0.5) is 5.69 Å². The molecule has 0 aliphatic heterocycles. The minimum absolute atomic E-state index is 0.0968. The number of ether oxygens (including phenoxy) is 1. The van der Waals surface area contributed by atoms with Gasteiger partial charge in [-0.3, -0.25) is 4.98 Å². The highest BCUT2D eigenvalue weighted by Gasteiger charge is 2.37. The van der Waals surface area contributed by atoms with Gasteiger partial charge in [0.05, 0.1) is 23.2 Å². The van der Waals surface area contributed by atoms with E-state index in [9.17, 15) is 18.3 Å². The molecule has 0 bridgehead atoms. The average molecular weight is 497 g/mol. The maximum atomic E-state index is 13.9. The van der Waals surface area contributed by atoms with E-state index in [1.807, 2.05) is 6.92 Å². The average Bonchev–Trinajstić information content (AvgIpc) is 2.75. The smallest absolute Gasteiger partial charge is 0.327 e. The Morgan fingerprint density at radius 3 is 2.47 bits per heavy atom. The number of hydrogen-bond acceptors (Lipinski definition) is 5.